The molecule has 2 aromatic carbocycles. The van der Waals surface area contributed by atoms with Crippen molar-refractivity contribution in [2.24, 2.45) is 0 Å². The summed E-state index contributed by atoms with van der Waals surface area (Å²) in [5, 5.41) is 2.56. The van der Waals surface area contributed by atoms with Gasteiger partial charge in [0.05, 0.1) is 5.69 Å². The summed E-state index contributed by atoms with van der Waals surface area (Å²) in [6, 6.07) is 17.3. The van der Waals surface area contributed by atoms with E-state index in [4.69, 9.17) is 0 Å². The van der Waals surface area contributed by atoms with Gasteiger partial charge in [-0.25, -0.2) is 4.31 Å². The van der Waals surface area contributed by atoms with Gasteiger partial charge in [0.1, 0.15) is 12.6 Å². The number of nitrogens with one attached hydrogen (secondary N) is 1. The smallest absolute Gasteiger partial charge is 0.304 e. The lowest BCUT2D eigenvalue weighted by atomic mass is 10.1. The van der Waals surface area contributed by atoms with E-state index in [-0.39, 0.29) is 12.5 Å². The number of nitrogens with zero attached hydrogens (tertiary/aromatic N) is 3. The Bertz CT molecular complexity index is 966. The number of amides is 2. The van der Waals surface area contributed by atoms with Gasteiger partial charge in [0, 0.05) is 27.7 Å². The molecule has 0 fully saturated rings. The van der Waals surface area contributed by atoms with Crippen LogP contribution in [-0.4, -0.2) is 69.7 Å². The van der Waals surface area contributed by atoms with Crippen molar-refractivity contribution in [3.8, 4) is 0 Å². The topological polar surface area (TPSA) is 90.0 Å². The third-order valence-corrected chi connectivity index (χ3v) is 6.78. The molecule has 0 bridgehead atoms. The molecule has 0 aliphatic carbocycles. The van der Waals surface area contributed by atoms with Crippen molar-refractivity contribution < 1.29 is 18.0 Å². The number of hydrogen-bond donors (Lipinski definition) is 1. The third kappa shape index (κ3) is 6.28. The average Bonchev–Trinajstić information content (AvgIpc) is 2.77. The summed E-state index contributed by atoms with van der Waals surface area (Å²) in [5.41, 5.74) is 1.39. The summed E-state index contributed by atoms with van der Waals surface area (Å²) in [6.45, 7) is 1.50. The molecule has 2 amide bonds. The second-order valence-corrected chi connectivity index (χ2v) is 9.31. The van der Waals surface area contributed by atoms with Gasteiger partial charge in [-0.15, -0.1) is 0 Å². The highest BCUT2D eigenvalue weighted by Gasteiger charge is 2.32. The Kier molecular flexibility index (Phi) is 8.58. The van der Waals surface area contributed by atoms with Gasteiger partial charge in [0.2, 0.25) is 11.8 Å². The van der Waals surface area contributed by atoms with Crippen LogP contribution in [-0.2, 0) is 26.2 Å². The Morgan fingerprint density at radius 1 is 0.968 bits per heavy atom. The Morgan fingerprint density at radius 2 is 1.52 bits per heavy atom. The summed E-state index contributed by atoms with van der Waals surface area (Å²) in [7, 11) is 0.410. The fourth-order valence-electron chi connectivity index (χ4n) is 3.09. The Morgan fingerprint density at radius 3 is 2.03 bits per heavy atom. The Balaban J connectivity index is 2.32. The second-order valence-electron chi connectivity index (χ2n) is 7.25. The molecule has 2 aromatic rings. The zero-order valence-corrected chi connectivity index (χ0v) is 19.2. The van der Waals surface area contributed by atoms with E-state index in [9.17, 15) is 18.0 Å². The molecule has 0 radical (unpaired) electrons. The number of rotatable bonds is 10. The molecule has 0 aliphatic heterocycles. The molecule has 0 spiro atoms. The number of carbonyl (C=O) groups is 2. The van der Waals surface area contributed by atoms with Crippen LogP contribution in [0.15, 0.2) is 60.7 Å². The van der Waals surface area contributed by atoms with E-state index in [0.717, 1.165) is 14.2 Å². The highest BCUT2D eigenvalue weighted by atomic mass is 32.2. The molecule has 0 unspecified atom stereocenters. The van der Waals surface area contributed by atoms with Gasteiger partial charge in [-0.05, 0) is 31.0 Å². The van der Waals surface area contributed by atoms with E-state index < -0.39 is 28.7 Å². The first-order chi connectivity index (χ1) is 14.7. The number of likely N-dealkylation sites (N-methyl/N-ethyl adjacent to an activating group) is 1. The predicted octanol–water partition coefficient (Wildman–Crippen LogP) is 1.51. The number of hydrogen-bond acceptors (Lipinski definition) is 4. The van der Waals surface area contributed by atoms with Gasteiger partial charge in [0.25, 0.3) is 0 Å². The summed E-state index contributed by atoms with van der Waals surface area (Å²) >= 11 is 0. The van der Waals surface area contributed by atoms with E-state index >= 15 is 0 Å². The normalized spacial score (nSPS) is 12.3. The van der Waals surface area contributed by atoms with Crippen LogP contribution in [0.3, 0.4) is 0 Å². The SMILES string of the molecule is CNC(=O)[C@H](C)N(CCc1ccccc1)C(=O)CN(c1ccccc1)S(=O)(=O)N(C)C. The lowest BCUT2D eigenvalue weighted by Gasteiger charge is -2.32. The first kappa shape index (κ1) is 24.4. The highest BCUT2D eigenvalue weighted by Crippen LogP contribution is 2.19. The molecule has 0 aliphatic rings. The lowest BCUT2D eigenvalue weighted by molar-refractivity contribution is -0.138. The van der Waals surface area contributed by atoms with Crippen LogP contribution in [0.2, 0.25) is 0 Å². The van der Waals surface area contributed by atoms with Crippen LogP contribution in [0.1, 0.15) is 12.5 Å². The average molecular weight is 447 g/mol. The van der Waals surface area contributed by atoms with E-state index in [1.807, 2.05) is 30.3 Å². The van der Waals surface area contributed by atoms with E-state index in [2.05, 4.69) is 5.32 Å². The summed E-state index contributed by atoms with van der Waals surface area (Å²) < 4.78 is 28.0. The fourth-order valence-corrected chi connectivity index (χ4v) is 4.15. The number of para-hydroxylation sites is 1. The van der Waals surface area contributed by atoms with Gasteiger partial charge < -0.3 is 10.2 Å². The molecule has 0 saturated heterocycles. The zero-order valence-electron chi connectivity index (χ0n) is 18.4. The molecule has 2 rings (SSSR count). The van der Waals surface area contributed by atoms with Gasteiger partial charge in [-0.1, -0.05) is 48.5 Å². The maximum absolute atomic E-state index is 13.3. The highest BCUT2D eigenvalue weighted by molar-refractivity contribution is 7.90. The largest absolute Gasteiger partial charge is 0.357 e. The molecule has 31 heavy (non-hydrogen) atoms. The fraction of sp³-hybridized carbons (Fsp3) is 0.364. The van der Waals surface area contributed by atoms with Crippen LogP contribution < -0.4 is 9.62 Å². The van der Waals surface area contributed by atoms with Crippen molar-refractivity contribution in [1.82, 2.24) is 14.5 Å². The van der Waals surface area contributed by atoms with Crippen LogP contribution in [0.4, 0.5) is 5.69 Å². The minimum atomic E-state index is -3.92. The van der Waals surface area contributed by atoms with Crippen LogP contribution in [0, 0.1) is 0 Å². The summed E-state index contributed by atoms with van der Waals surface area (Å²) in [4.78, 5) is 27.0. The molecular weight excluding hydrogens is 416 g/mol. The lowest BCUT2D eigenvalue weighted by Crippen LogP contribution is -2.53. The molecule has 9 heteroatoms. The van der Waals surface area contributed by atoms with E-state index in [0.29, 0.717) is 12.1 Å². The van der Waals surface area contributed by atoms with Gasteiger partial charge >= 0.3 is 10.2 Å². The Hall–Kier alpha value is -2.91. The quantitative estimate of drug-likeness (QED) is 0.599. The number of anilines is 1. The zero-order chi connectivity index (χ0) is 23.0. The molecular formula is C22H30N4O4S. The maximum Gasteiger partial charge on any atom is 0.304 e. The second kappa shape index (κ2) is 10.9. The van der Waals surface area contributed by atoms with Crippen LogP contribution in [0.25, 0.3) is 0 Å². The van der Waals surface area contributed by atoms with E-state index in [1.54, 1.807) is 37.3 Å². The van der Waals surface area contributed by atoms with Crippen molar-refractivity contribution in [2.45, 2.75) is 19.4 Å². The predicted molar refractivity (Wildman–Crippen MR) is 122 cm³/mol. The minimum Gasteiger partial charge on any atom is -0.357 e. The van der Waals surface area contributed by atoms with Gasteiger partial charge in [-0.3, -0.25) is 9.59 Å². The monoisotopic (exact) mass is 446 g/mol. The van der Waals surface area contributed by atoms with E-state index in [1.165, 1.54) is 26.0 Å². The van der Waals surface area contributed by atoms with Crippen LogP contribution in [0.5, 0.6) is 0 Å². The standard InChI is InChI=1S/C22H30N4O4S/c1-18(22(28)23-2)25(16-15-19-11-7-5-8-12-19)21(27)17-26(31(29,30)24(3)4)20-13-9-6-10-14-20/h5-14,18H,15-17H2,1-4H3,(H,23,28)/t18-/m0/s1. The van der Waals surface area contributed by atoms with Crippen molar-refractivity contribution in [3.63, 3.8) is 0 Å². The summed E-state index contributed by atoms with van der Waals surface area (Å²) in [6.07, 6.45) is 0.541. The first-order valence-corrected chi connectivity index (χ1v) is 11.4. The Labute approximate surface area is 184 Å². The van der Waals surface area contributed by atoms with Gasteiger partial charge in [0.15, 0.2) is 0 Å². The van der Waals surface area contributed by atoms with Crippen molar-refractivity contribution in [3.05, 3.63) is 66.2 Å². The molecule has 0 aromatic heterocycles. The molecule has 1 N–H and O–H groups in total. The molecule has 1 atom stereocenters. The first-order valence-electron chi connectivity index (χ1n) is 9.98. The van der Waals surface area contributed by atoms with Gasteiger partial charge in [-0.2, -0.15) is 12.7 Å². The van der Waals surface area contributed by atoms with Crippen molar-refractivity contribution in [1.29, 1.82) is 0 Å². The maximum atomic E-state index is 13.3. The van der Waals surface area contributed by atoms with Crippen molar-refractivity contribution in [2.75, 3.05) is 38.5 Å². The summed E-state index contributed by atoms with van der Waals surface area (Å²) in [5.74, 6) is -0.774. The minimum absolute atomic E-state index is 0.280. The molecule has 8 nitrogen and oxygen atoms in total. The van der Waals surface area contributed by atoms with Crippen molar-refractivity contribution >= 4 is 27.7 Å². The van der Waals surface area contributed by atoms with Crippen LogP contribution >= 0.6 is 0 Å². The molecule has 0 heterocycles. The molecule has 0 saturated carbocycles. The number of benzene rings is 2. The number of carbonyl (C=O) groups excluding carboxylic acids is 2. The molecule has 168 valence electrons. The third-order valence-electron chi connectivity index (χ3n) is 4.96.